The van der Waals surface area contributed by atoms with Crippen LogP contribution in [0.5, 0.6) is 11.5 Å². The van der Waals surface area contributed by atoms with Crippen LogP contribution in [-0.4, -0.2) is 56.7 Å². The van der Waals surface area contributed by atoms with Crippen molar-refractivity contribution >= 4 is 17.5 Å². The van der Waals surface area contributed by atoms with E-state index in [9.17, 15) is 4.79 Å². The van der Waals surface area contributed by atoms with E-state index in [2.05, 4.69) is 0 Å². The van der Waals surface area contributed by atoms with Crippen molar-refractivity contribution in [1.82, 2.24) is 4.90 Å². The SMILES string of the molecule is COc1cc(OC)cc(C(=O)N2CCOCC2CCl)c1. The lowest BCUT2D eigenvalue weighted by atomic mass is 10.1. The topological polar surface area (TPSA) is 48.0 Å². The summed E-state index contributed by atoms with van der Waals surface area (Å²) in [5.41, 5.74) is 0.526. The van der Waals surface area contributed by atoms with Crippen LogP contribution in [0.2, 0.25) is 0 Å². The van der Waals surface area contributed by atoms with Gasteiger partial charge in [-0.25, -0.2) is 0 Å². The van der Waals surface area contributed by atoms with Crippen LogP contribution in [0.1, 0.15) is 10.4 Å². The normalized spacial score (nSPS) is 18.8. The number of rotatable bonds is 4. The molecule has 1 amide bonds. The van der Waals surface area contributed by atoms with Crippen LogP contribution in [-0.2, 0) is 4.74 Å². The number of nitrogens with zero attached hydrogens (tertiary/aromatic N) is 1. The molecule has 1 unspecified atom stereocenters. The van der Waals surface area contributed by atoms with Crippen LogP contribution in [0.25, 0.3) is 0 Å². The molecule has 0 saturated carbocycles. The molecule has 1 heterocycles. The number of hydrogen-bond acceptors (Lipinski definition) is 4. The van der Waals surface area contributed by atoms with Crippen molar-refractivity contribution in [3.8, 4) is 11.5 Å². The highest BCUT2D eigenvalue weighted by Crippen LogP contribution is 2.24. The Balaban J connectivity index is 2.27. The fraction of sp³-hybridized carbons (Fsp3) is 0.500. The fourth-order valence-corrected chi connectivity index (χ4v) is 2.40. The van der Waals surface area contributed by atoms with Crippen molar-refractivity contribution in [3.05, 3.63) is 23.8 Å². The van der Waals surface area contributed by atoms with Gasteiger partial charge in [-0.15, -0.1) is 11.6 Å². The molecule has 110 valence electrons. The number of alkyl halides is 1. The van der Waals surface area contributed by atoms with E-state index in [1.165, 1.54) is 0 Å². The number of morpholine rings is 1. The van der Waals surface area contributed by atoms with Crippen molar-refractivity contribution in [2.75, 3.05) is 39.9 Å². The lowest BCUT2D eigenvalue weighted by Crippen LogP contribution is -2.49. The molecule has 0 N–H and O–H groups in total. The lowest BCUT2D eigenvalue weighted by Gasteiger charge is -2.34. The summed E-state index contributed by atoms with van der Waals surface area (Å²) in [4.78, 5) is 14.3. The van der Waals surface area contributed by atoms with Gasteiger partial charge in [-0.2, -0.15) is 0 Å². The van der Waals surface area contributed by atoms with Crippen LogP contribution in [0, 0.1) is 0 Å². The maximum atomic E-state index is 12.6. The van der Waals surface area contributed by atoms with Gasteiger partial charge in [0.05, 0.1) is 33.5 Å². The first-order valence-electron chi connectivity index (χ1n) is 6.37. The maximum Gasteiger partial charge on any atom is 0.254 e. The van der Waals surface area contributed by atoms with E-state index in [0.29, 0.717) is 42.7 Å². The number of hydrogen-bond donors (Lipinski definition) is 0. The molecule has 1 aromatic carbocycles. The quantitative estimate of drug-likeness (QED) is 0.795. The first-order valence-corrected chi connectivity index (χ1v) is 6.90. The fourth-order valence-electron chi connectivity index (χ4n) is 2.15. The van der Waals surface area contributed by atoms with Gasteiger partial charge in [-0.3, -0.25) is 4.79 Å². The summed E-state index contributed by atoms with van der Waals surface area (Å²) in [6.45, 7) is 1.53. The molecule has 0 bridgehead atoms. The van der Waals surface area contributed by atoms with Crippen LogP contribution >= 0.6 is 11.6 Å². The average molecular weight is 300 g/mol. The number of carbonyl (C=O) groups excluding carboxylic acids is 1. The Kier molecular flexibility index (Phi) is 5.09. The summed E-state index contributed by atoms with van der Waals surface area (Å²) in [7, 11) is 3.11. The summed E-state index contributed by atoms with van der Waals surface area (Å²) < 4.78 is 15.7. The smallest absolute Gasteiger partial charge is 0.254 e. The highest BCUT2D eigenvalue weighted by Gasteiger charge is 2.28. The molecule has 0 aromatic heterocycles. The number of benzene rings is 1. The Morgan fingerprint density at radius 2 is 2.00 bits per heavy atom. The average Bonchev–Trinajstić information content (AvgIpc) is 2.53. The Morgan fingerprint density at radius 1 is 1.35 bits per heavy atom. The van der Waals surface area contributed by atoms with E-state index in [-0.39, 0.29) is 11.9 Å². The molecule has 1 aliphatic rings. The number of carbonyl (C=O) groups is 1. The van der Waals surface area contributed by atoms with Gasteiger partial charge < -0.3 is 19.1 Å². The molecule has 0 radical (unpaired) electrons. The monoisotopic (exact) mass is 299 g/mol. The van der Waals surface area contributed by atoms with E-state index in [4.69, 9.17) is 25.8 Å². The minimum atomic E-state index is -0.102. The van der Waals surface area contributed by atoms with Crippen LogP contribution < -0.4 is 9.47 Å². The van der Waals surface area contributed by atoms with Gasteiger partial charge in [0.2, 0.25) is 0 Å². The maximum absolute atomic E-state index is 12.6. The second kappa shape index (κ2) is 6.81. The summed E-state index contributed by atoms with van der Waals surface area (Å²) in [5, 5.41) is 0. The second-order valence-corrected chi connectivity index (χ2v) is 4.79. The van der Waals surface area contributed by atoms with Gasteiger partial charge in [-0.1, -0.05) is 0 Å². The predicted molar refractivity (Wildman–Crippen MR) is 75.9 cm³/mol. The van der Waals surface area contributed by atoms with Gasteiger partial charge in [0.1, 0.15) is 11.5 Å². The molecular weight excluding hydrogens is 282 g/mol. The standard InChI is InChI=1S/C14H18ClNO4/c1-18-12-5-10(6-13(7-12)19-2)14(17)16-3-4-20-9-11(16)8-15/h5-7,11H,3-4,8-9H2,1-2H3. The zero-order valence-electron chi connectivity index (χ0n) is 11.6. The molecule has 20 heavy (non-hydrogen) atoms. The van der Waals surface area contributed by atoms with Gasteiger partial charge in [0.25, 0.3) is 5.91 Å². The van der Waals surface area contributed by atoms with E-state index in [0.717, 1.165) is 0 Å². The minimum absolute atomic E-state index is 0.0869. The molecule has 1 aromatic rings. The van der Waals surface area contributed by atoms with Crippen molar-refractivity contribution in [1.29, 1.82) is 0 Å². The third-order valence-electron chi connectivity index (χ3n) is 3.26. The molecule has 1 fully saturated rings. The van der Waals surface area contributed by atoms with E-state index < -0.39 is 0 Å². The highest BCUT2D eigenvalue weighted by molar-refractivity contribution is 6.18. The molecule has 5 nitrogen and oxygen atoms in total. The Hall–Kier alpha value is -1.46. The molecular formula is C14H18ClNO4. The van der Waals surface area contributed by atoms with Crippen molar-refractivity contribution in [3.63, 3.8) is 0 Å². The molecule has 1 aliphatic heterocycles. The Bertz CT molecular complexity index is 458. The number of ether oxygens (including phenoxy) is 3. The molecule has 2 rings (SSSR count). The van der Waals surface area contributed by atoms with Gasteiger partial charge in [-0.05, 0) is 12.1 Å². The molecule has 1 atom stereocenters. The third kappa shape index (κ3) is 3.16. The minimum Gasteiger partial charge on any atom is -0.497 e. The largest absolute Gasteiger partial charge is 0.497 e. The van der Waals surface area contributed by atoms with Crippen LogP contribution in [0.4, 0.5) is 0 Å². The molecule has 0 spiro atoms. The molecule has 1 saturated heterocycles. The molecule has 6 heteroatoms. The first-order chi connectivity index (χ1) is 9.69. The summed E-state index contributed by atoms with van der Waals surface area (Å²) in [6.07, 6.45) is 0. The second-order valence-electron chi connectivity index (χ2n) is 4.48. The summed E-state index contributed by atoms with van der Waals surface area (Å²) in [5.74, 6) is 1.44. The number of halogens is 1. The van der Waals surface area contributed by atoms with Gasteiger partial charge >= 0.3 is 0 Å². The Morgan fingerprint density at radius 3 is 2.55 bits per heavy atom. The molecule has 0 aliphatic carbocycles. The van der Waals surface area contributed by atoms with Crippen LogP contribution in [0.3, 0.4) is 0 Å². The first kappa shape index (κ1) is 14.9. The van der Waals surface area contributed by atoms with E-state index in [1.54, 1.807) is 37.3 Å². The van der Waals surface area contributed by atoms with Crippen molar-refractivity contribution < 1.29 is 19.0 Å². The van der Waals surface area contributed by atoms with E-state index >= 15 is 0 Å². The lowest BCUT2D eigenvalue weighted by molar-refractivity contribution is 0.00453. The number of methoxy groups -OCH3 is 2. The summed E-state index contributed by atoms with van der Waals surface area (Å²) >= 11 is 5.90. The highest BCUT2D eigenvalue weighted by atomic mass is 35.5. The number of amides is 1. The zero-order chi connectivity index (χ0) is 14.5. The van der Waals surface area contributed by atoms with Crippen LogP contribution in [0.15, 0.2) is 18.2 Å². The van der Waals surface area contributed by atoms with Gasteiger partial charge in [0.15, 0.2) is 0 Å². The van der Waals surface area contributed by atoms with Gasteiger partial charge in [0, 0.05) is 24.1 Å². The summed E-state index contributed by atoms with van der Waals surface area (Å²) in [6, 6.07) is 5.03. The Labute approximate surface area is 123 Å². The van der Waals surface area contributed by atoms with Crippen molar-refractivity contribution in [2.45, 2.75) is 6.04 Å². The third-order valence-corrected chi connectivity index (χ3v) is 3.62. The zero-order valence-corrected chi connectivity index (χ0v) is 12.4. The van der Waals surface area contributed by atoms with Crippen molar-refractivity contribution in [2.24, 2.45) is 0 Å². The van der Waals surface area contributed by atoms with E-state index in [1.807, 2.05) is 0 Å². The predicted octanol–water partition coefficient (Wildman–Crippen LogP) is 1.78.